The van der Waals surface area contributed by atoms with Crippen molar-refractivity contribution in [1.82, 2.24) is 0 Å². The maximum Gasteiger partial charge on any atom is 0.0540 e. The van der Waals surface area contributed by atoms with Crippen molar-refractivity contribution in [2.75, 3.05) is 4.90 Å². The van der Waals surface area contributed by atoms with Crippen LogP contribution in [0.25, 0.3) is 65.7 Å². The SMILES string of the molecule is CC1(C)c2ccccc2-c2cc(N(c3ccc(-c4cccc5c4ccc4ccccc45)cc3)c3ccc(-c4ccccc4)c4ccccc34)ccc21. The Morgan fingerprint density at radius 2 is 0.942 bits per heavy atom. The first kappa shape index (κ1) is 30.4. The first-order chi connectivity index (χ1) is 25.6. The molecule has 0 aromatic heterocycles. The summed E-state index contributed by atoms with van der Waals surface area (Å²) < 4.78 is 0. The van der Waals surface area contributed by atoms with Gasteiger partial charge in [-0.15, -0.1) is 0 Å². The van der Waals surface area contributed by atoms with Crippen molar-refractivity contribution in [2.24, 2.45) is 0 Å². The Morgan fingerprint density at radius 3 is 1.79 bits per heavy atom. The van der Waals surface area contributed by atoms with E-state index in [9.17, 15) is 0 Å². The highest BCUT2D eigenvalue weighted by atomic mass is 15.1. The summed E-state index contributed by atoms with van der Waals surface area (Å²) in [6.07, 6.45) is 0. The van der Waals surface area contributed by atoms with Gasteiger partial charge < -0.3 is 4.90 Å². The molecule has 0 unspecified atom stereocenters. The lowest BCUT2D eigenvalue weighted by molar-refractivity contribution is 0.660. The quantitative estimate of drug-likeness (QED) is 0.166. The molecule has 1 aliphatic carbocycles. The summed E-state index contributed by atoms with van der Waals surface area (Å²) in [6.45, 7) is 4.69. The summed E-state index contributed by atoms with van der Waals surface area (Å²) in [7, 11) is 0. The highest BCUT2D eigenvalue weighted by Crippen LogP contribution is 2.51. The summed E-state index contributed by atoms with van der Waals surface area (Å²) in [5, 5.41) is 7.57. The zero-order chi connectivity index (χ0) is 34.8. The van der Waals surface area contributed by atoms with E-state index in [1.807, 2.05) is 0 Å². The predicted octanol–water partition coefficient (Wildman–Crippen LogP) is 14.3. The van der Waals surface area contributed by atoms with Crippen LogP contribution >= 0.6 is 0 Å². The first-order valence-corrected chi connectivity index (χ1v) is 18.2. The van der Waals surface area contributed by atoms with Crippen molar-refractivity contribution in [2.45, 2.75) is 19.3 Å². The third kappa shape index (κ3) is 4.70. The van der Waals surface area contributed by atoms with Crippen LogP contribution in [0.3, 0.4) is 0 Å². The summed E-state index contributed by atoms with van der Waals surface area (Å²) in [5.74, 6) is 0. The first-order valence-electron chi connectivity index (χ1n) is 18.2. The van der Waals surface area contributed by atoms with Crippen LogP contribution in [0.4, 0.5) is 17.1 Å². The Balaban J connectivity index is 1.16. The second kappa shape index (κ2) is 11.8. The van der Waals surface area contributed by atoms with Gasteiger partial charge in [0.25, 0.3) is 0 Å². The minimum absolute atomic E-state index is 0.0508. The molecule has 246 valence electrons. The number of hydrogen-bond donors (Lipinski definition) is 0. The second-order valence-electron chi connectivity index (χ2n) is 14.5. The van der Waals surface area contributed by atoms with Crippen LogP contribution in [-0.2, 0) is 5.41 Å². The second-order valence-corrected chi connectivity index (χ2v) is 14.5. The van der Waals surface area contributed by atoms with Crippen molar-refractivity contribution < 1.29 is 0 Å². The molecule has 0 atom stereocenters. The highest BCUT2D eigenvalue weighted by Gasteiger charge is 2.35. The van der Waals surface area contributed by atoms with Gasteiger partial charge in [0.15, 0.2) is 0 Å². The molecule has 0 heterocycles. The van der Waals surface area contributed by atoms with Gasteiger partial charge in [0.2, 0.25) is 0 Å². The minimum Gasteiger partial charge on any atom is -0.310 e. The highest BCUT2D eigenvalue weighted by molar-refractivity contribution is 6.12. The topological polar surface area (TPSA) is 3.24 Å². The van der Waals surface area contributed by atoms with E-state index >= 15 is 0 Å². The summed E-state index contributed by atoms with van der Waals surface area (Å²) in [4.78, 5) is 2.45. The summed E-state index contributed by atoms with van der Waals surface area (Å²) in [5.41, 5.74) is 13.7. The number of anilines is 3. The summed E-state index contributed by atoms with van der Waals surface area (Å²) in [6, 6.07) is 69.2. The molecule has 1 nitrogen and oxygen atoms in total. The molecule has 0 fully saturated rings. The van der Waals surface area contributed by atoms with Crippen LogP contribution in [0.5, 0.6) is 0 Å². The fourth-order valence-electron chi connectivity index (χ4n) is 8.70. The van der Waals surface area contributed by atoms with Crippen molar-refractivity contribution in [3.05, 3.63) is 199 Å². The third-order valence-corrected chi connectivity index (χ3v) is 11.3. The number of benzene rings is 9. The van der Waals surface area contributed by atoms with Gasteiger partial charge in [0.05, 0.1) is 5.69 Å². The van der Waals surface area contributed by atoms with Gasteiger partial charge in [0, 0.05) is 22.2 Å². The molecular formula is C51H37N. The van der Waals surface area contributed by atoms with Gasteiger partial charge in [-0.3, -0.25) is 0 Å². The van der Waals surface area contributed by atoms with E-state index in [0.717, 1.165) is 17.1 Å². The average Bonchev–Trinajstić information content (AvgIpc) is 3.43. The van der Waals surface area contributed by atoms with Crippen LogP contribution in [0.2, 0.25) is 0 Å². The van der Waals surface area contributed by atoms with Crippen LogP contribution < -0.4 is 4.90 Å². The van der Waals surface area contributed by atoms with Crippen molar-refractivity contribution in [1.29, 1.82) is 0 Å². The molecule has 0 saturated carbocycles. The molecule has 9 aromatic carbocycles. The normalized spacial score (nSPS) is 13.0. The van der Waals surface area contributed by atoms with E-state index in [4.69, 9.17) is 0 Å². The fourth-order valence-corrected chi connectivity index (χ4v) is 8.70. The zero-order valence-corrected chi connectivity index (χ0v) is 29.3. The third-order valence-electron chi connectivity index (χ3n) is 11.3. The molecule has 9 aromatic rings. The number of hydrogen-bond acceptors (Lipinski definition) is 1. The van der Waals surface area contributed by atoms with Crippen LogP contribution in [0.15, 0.2) is 188 Å². The lowest BCUT2D eigenvalue weighted by atomic mass is 9.82. The lowest BCUT2D eigenvalue weighted by Gasteiger charge is -2.29. The molecule has 0 N–H and O–H groups in total. The van der Waals surface area contributed by atoms with E-state index in [2.05, 4.69) is 207 Å². The Hall–Kier alpha value is -6.44. The molecule has 0 saturated heterocycles. The van der Waals surface area contributed by atoms with E-state index in [0.29, 0.717) is 0 Å². The lowest BCUT2D eigenvalue weighted by Crippen LogP contribution is -2.15. The Bertz CT molecular complexity index is 2810. The molecule has 1 aliphatic rings. The van der Waals surface area contributed by atoms with E-state index in [1.54, 1.807) is 0 Å². The van der Waals surface area contributed by atoms with Gasteiger partial charge >= 0.3 is 0 Å². The van der Waals surface area contributed by atoms with Crippen molar-refractivity contribution >= 4 is 49.4 Å². The molecule has 1 heteroatoms. The van der Waals surface area contributed by atoms with Gasteiger partial charge in [0.1, 0.15) is 0 Å². The minimum atomic E-state index is -0.0508. The molecule has 0 radical (unpaired) electrons. The van der Waals surface area contributed by atoms with Gasteiger partial charge in [-0.25, -0.2) is 0 Å². The number of nitrogens with zero attached hydrogens (tertiary/aromatic N) is 1. The average molecular weight is 664 g/mol. The monoisotopic (exact) mass is 663 g/mol. The number of fused-ring (bicyclic) bond motifs is 7. The van der Waals surface area contributed by atoms with Crippen molar-refractivity contribution in [3.63, 3.8) is 0 Å². The molecule has 52 heavy (non-hydrogen) atoms. The molecule has 10 rings (SSSR count). The van der Waals surface area contributed by atoms with Crippen LogP contribution in [0.1, 0.15) is 25.0 Å². The largest absolute Gasteiger partial charge is 0.310 e. The molecule has 0 aliphatic heterocycles. The van der Waals surface area contributed by atoms with E-state index in [-0.39, 0.29) is 5.41 Å². The smallest absolute Gasteiger partial charge is 0.0540 e. The van der Waals surface area contributed by atoms with Crippen molar-refractivity contribution in [3.8, 4) is 33.4 Å². The Kier molecular flexibility index (Phi) is 6.91. The molecule has 0 bridgehead atoms. The zero-order valence-electron chi connectivity index (χ0n) is 29.3. The standard InChI is InChI=1S/C51H37N/c1-51(2)48-22-11-10-18-45(48)47-33-38(28-31-49(47)51)52(50-32-30-41(34-13-4-3-5-14-34)43-17-8-9-19-46(43)50)37-26-23-36(24-27-37)40-20-12-21-42-39-16-7-6-15-35(39)25-29-44(40)42/h3-33H,1-2H3. The Labute approximate surface area is 305 Å². The van der Waals surface area contributed by atoms with E-state index in [1.165, 1.54) is 76.8 Å². The van der Waals surface area contributed by atoms with Gasteiger partial charge in [-0.05, 0) is 102 Å². The summed E-state index contributed by atoms with van der Waals surface area (Å²) >= 11 is 0. The van der Waals surface area contributed by atoms with Crippen LogP contribution in [0, 0.1) is 0 Å². The van der Waals surface area contributed by atoms with Crippen LogP contribution in [-0.4, -0.2) is 0 Å². The van der Waals surface area contributed by atoms with E-state index < -0.39 is 0 Å². The predicted molar refractivity (Wildman–Crippen MR) is 222 cm³/mol. The fraction of sp³-hybridized carbons (Fsp3) is 0.0588. The maximum atomic E-state index is 2.45. The molecule has 0 spiro atoms. The molecular weight excluding hydrogens is 627 g/mol. The molecule has 0 amide bonds. The van der Waals surface area contributed by atoms with Gasteiger partial charge in [-0.2, -0.15) is 0 Å². The Morgan fingerprint density at radius 1 is 0.346 bits per heavy atom. The van der Waals surface area contributed by atoms with Gasteiger partial charge in [-0.1, -0.05) is 172 Å². The maximum absolute atomic E-state index is 2.45. The number of rotatable bonds is 5.